The molecular weight excluding hydrogens is 348 g/mol. The maximum atomic E-state index is 5.98. The molecule has 0 saturated heterocycles. The lowest BCUT2D eigenvalue weighted by molar-refractivity contribution is 0.578. The number of hydrogen-bond donors (Lipinski definition) is 1. The highest BCUT2D eigenvalue weighted by atomic mass is 79.9. The maximum absolute atomic E-state index is 5.98. The quantitative estimate of drug-likeness (QED) is 0.830. The van der Waals surface area contributed by atoms with Crippen molar-refractivity contribution in [2.24, 2.45) is 7.05 Å². The lowest BCUT2D eigenvalue weighted by Crippen LogP contribution is -2.22. The van der Waals surface area contributed by atoms with Crippen LogP contribution in [-0.2, 0) is 7.05 Å². The summed E-state index contributed by atoms with van der Waals surface area (Å²) in [4.78, 5) is 1.15. The van der Waals surface area contributed by atoms with Crippen LogP contribution >= 0.6 is 39.3 Å². The first-order valence-electron chi connectivity index (χ1n) is 5.72. The smallest absolute Gasteiger partial charge is 0.153 e. The van der Waals surface area contributed by atoms with E-state index in [0.717, 1.165) is 26.0 Å². The monoisotopic (exact) mass is 360 g/mol. The van der Waals surface area contributed by atoms with Gasteiger partial charge in [0.2, 0.25) is 0 Å². The fourth-order valence-corrected chi connectivity index (χ4v) is 3.67. The molecule has 4 nitrogen and oxygen atoms in total. The first-order chi connectivity index (χ1) is 9.11. The van der Waals surface area contributed by atoms with Crippen molar-refractivity contribution in [1.29, 1.82) is 0 Å². The Balaban J connectivity index is 2.08. The van der Waals surface area contributed by atoms with E-state index in [2.05, 4.69) is 37.6 Å². The van der Waals surface area contributed by atoms with E-state index in [0.29, 0.717) is 0 Å². The van der Waals surface area contributed by atoms with Gasteiger partial charge in [-0.05, 0) is 41.2 Å². The number of hydrogen-bond acceptors (Lipinski definition) is 4. The summed E-state index contributed by atoms with van der Waals surface area (Å²) in [5.74, 6) is 0.872. The largest absolute Gasteiger partial charge is 0.311 e. The van der Waals surface area contributed by atoms with Gasteiger partial charge in [0.05, 0.1) is 11.7 Å². The Bertz CT molecular complexity index is 541. The molecule has 102 valence electrons. The molecule has 1 unspecified atom stereocenters. The standard InChI is InChI=1S/C12H14BrClN4S/c1-15-10(11-12(13)16-17-18(11)2)7-19-9-5-3-4-8(14)6-9/h3-6,10,15H,7H2,1-2H3. The van der Waals surface area contributed by atoms with Gasteiger partial charge >= 0.3 is 0 Å². The number of aromatic nitrogens is 3. The second-order valence-corrected chi connectivity index (χ2v) is 6.28. The molecule has 0 amide bonds. The summed E-state index contributed by atoms with van der Waals surface area (Å²) in [5.41, 5.74) is 1.04. The van der Waals surface area contributed by atoms with Gasteiger partial charge in [0, 0.05) is 22.7 Å². The van der Waals surface area contributed by atoms with E-state index in [-0.39, 0.29) is 6.04 Å². The molecule has 1 N–H and O–H groups in total. The molecule has 0 saturated carbocycles. The normalized spacial score (nSPS) is 12.6. The Labute approximate surface area is 130 Å². The van der Waals surface area contributed by atoms with Gasteiger partial charge in [-0.2, -0.15) is 0 Å². The van der Waals surface area contributed by atoms with Gasteiger partial charge in [0.25, 0.3) is 0 Å². The zero-order valence-corrected chi connectivity index (χ0v) is 13.8. The minimum Gasteiger partial charge on any atom is -0.311 e. The molecule has 0 aliphatic heterocycles. The molecule has 1 atom stereocenters. The van der Waals surface area contributed by atoms with Gasteiger partial charge in [-0.15, -0.1) is 16.9 Å². The van der Waals surface area contributed by atoms with Crippen LogP contribution in [0.4, 0.5) is 0 Å². The zero-order chi connectivity index (χ0) is 13.8. The zero-order valence-electron chi connectivity index (χ0n) is 10.6. The van der Waals surface area contributed by atoms with E-state index in [1.54, 1.807) is 16.4 Å². The summed E-state index contributed by atoms with van der Waals surface area (Å²) in [6.07, 6.45) is 0. The number of halogens is 2. The molecule has 0 radical (unpaired) electrons. The first-order valence-corrected chi connectivity index (χ1v) is 7.88. The van der Waals surface area contributed by atoms with Gasteiger partial charge < -0.3 is 5.32 Å². The van der Waals surface area contributed by atoms with Gasteiger partial charge in [-0.1, -0.05) is 22.9 Å². The SMILES string of the molecule is CNC(CSc1cccc(Cl)c1)c1c(Br)nnn1C. The summed E-state index contributed by atoms with van der Waals surface area (Å²) in [6, 6.07) is 8.02. The molecule has 0 bridgehead atoms. The third-order valence-electron chi connectivity index (χ3n) is 2.72. The van der Waals surface area contributed by atoms with E-state index in [4.69, 9.17) is 11.6 Å². The molecule has 0 aliphatic carbocycles. The number of nitrogens with one attached hydrogen (secondary N) is 1. The molecule has 1 aromatic heterocycles. The molecule has 1 aromatic carbocycles. The Morgan fingerprint density at radius 2 is 2.32 bits per heavy atom. The fourth-order valence-electron chi connectivity index (χ4n) is 1.74. The molecule has 19 heavy (non-hydrogen) atoms. The van der Waals surface area contributed by atoms with Crippen LogP contribution in [0.1, 0.15) is 11.7 Å². The van der Waals surface area contributed by atoms with Gasteiger partial charge in [-0.3, -0.25) is 0 Å². The number of nitrogens with zero attached hydrogens (tertiary/aromatic N) is 3. The van der Waals surface area contributed by atoms with Crippen LogP contribution in [0.2, 0.25) is 5.02 Å². The molecular formula is C12H14BrClN4S. The second kappa shape index (κ2) is 6.74. The second-order valence-electron chi connectivity index (χ2n) is 4.00. The molecule has 2 aromatic rings. The fraction of sp³-hybridized carbons (Fsp3) is 0.333. The third-order valence-corrected chi connectivity index (χ3v) is 4.61. The Morgan fingerprint density at radius 3 is 2.89 bits per heavy atom. The van der Waals surface area contributed by atoms with E-state index in [1.807, 2.05) is 32.3 Å². The molecule has 2 rings (SSSR count). The van der Waals surface area contributed by atoms with Crippen molar-refractivity contribution in [3.8, 4) is 0 Å². The van der Waals surface area contributed by atoms with E-state index in [1.165, 1.54) is 0 Å². The average molecular weight is 362 g/mol. The van der Waals surface area contributed by atoms with Crippen LogP contribution < -0.4 is 5.32 Å². The predicted molar refractivity (Wildman–Crippen MR) is 82.7 cm³/mol. The summed E-state index contributed by atoms with van der Waals surface area (Å²) in [7, 11) is 3.82. The van der Waals surface area contributed by atoms with Crippen LogP contribution in [0.25, 0.3) is 0 Å². The van der Waals surface area contributed by atoms with Crippen molar-refractivity contribution in [3.63, 3.8) is 0 Å². The Morgan fingerprint density at radius 1 is 1.53 bits per heavy atom. The van der Waals surface area contributed by atoms with Gasteiger partial charge in [0.15, 0.2) is 4.60 Å². The maximum Gasteiger partial charge on any atom is 0.153 e. The van der Waals surface area contributed by atoms with Crippen molar-refractivity contribution in [3.05, 3.63) is 39.6 Å². The number of aryl methyl sites for hydroxylation is 1. The summed E-state index contributed by atoms with van der Waals surface area (Å²) in [6.45, 7) is 0. The van der Waals surface area contributed by atoms with Crippen LogP contribution in [0.5, 0.6) is 0 Å². The number of benzene rings is 1. The summed E-state index contributed by atoms with van der Waals surface area (Å²) in [5, 5.41) is 12.1. The highest BCUT2D eigenvalue weighted by molar-refractivity contribution is 9.10. The topological polar surface area (TPSA) is 42.7 Å². The Kier molecular flexibility index (Phi) is 5.27. The number of thioether (sulfide) groups is 1. The van der Waals surface area contributed by atoms with Crippen LogP contribution in [0.15, 0.2) is 33.8 Å². The van der Waals surface area contributed by atoms with Crippen molar-refractivity contribution < 1.29 is 0 Å². The molecule has 0 spiro atoms. The predicted octanol–water partition coefficient (Wildman–Crippen LogP) is 3.28. The van der Waals surface area contributed by atoms with Crippen molar-refractivity contribution >= 4 is 39.3 Å². The molecule has 0 fully saturated rings. The first kappa shape index (κ1) is 14.8. The lowest BCUT2D eigenvalue weighted by atomic mass is 10.2. The van der Waals surface area contributed by atoms with Crippen LogP contribution in [0.3, 0.4) is 0 Å². The third kappa shape index (κ3) is 3.72. The molecule has 0 aliphatic rings. The van der Waals surface area contributed by atoms with E-state index >= 15 is 0 Å². The van der Waals surface area contributed by atoms with Crippen molar-refractivity contribution in [2.75, 3.05) is 12.8 Å². The summed E-state index contributed by atoms with van der Waals surface area (Å²) >= 11 is 11.2. The number of rotatable bonds is 5. The highest BCUT2D eigenvalue weighted by Gasteiger charge is 2.18. The van der Waals surface area contributed by atoms with Gasteiger partial charge in [0.1, 0.15) is 0 Å². The van der Waals surface area contributed by atoms with E-state index in [9.17, 15) is 0 Å². The van der Waals surface area contributed by atoms with Crippen molar-refractivity contribution in [2.45, 2.75) is 10.9 Å². The minimum atomic E-state index is 0.165. The molecule has 7 heteroatoms. The molecule has 1 heterocycles. The van der Waals surface area contributed by atoms with Crippen LogP contribution in [0, 0.1) is 0 Å². The van der Waals surface area contributed by atoms with Crippen LogP contribution in [-0.4, -0.2) is 27.8 Å². The Hall–Kier alpha value is -0.560. The summed E-state index contributed by atoms with van der Waals surface area (Å²) < 4.78 is 2.56. The minimum absolute atomic E-state index is 0.165. The van der Waals surface area contributed by atoms with Gasteiger partial charge in [-0.25, -0.2) is 4.68 Å². The van der Waals surface area contributed by atoms with E-state index < -0.39 is 0 Å². The average Bonchev–Trinajstić information content (AvgIpc) is 2.71. The van der Waals surface area contributed by atoms with Crippen molar-refractivity contribution in [1.82, 2.24) is 20.3 Å². The lowest BCUT2D eigenvalue weighted by Gasteiger charge is -2.16. The highest BCUT2D eigenvalue weighted by Crippen LogP contribution is 2.28.